The maximum absolute atomic E-state index is 13.4. The van der Waals surface area contributed by atoms with Crippen LogP contribution in [0.3, 0.4) is 0 Å². The van der Waals surface area contributed by atoms with Crippen molar-refractivity contribution in [3.63, 3.8) is 0 Å². The van der Waals surface area contributed by atoms with Gasteiger partial charge in [0.25, 0.3) is 0 Å². The van der Waals surface area contributed by atoms with E-state index < -0.39 is 5.97 Å². The van der Waals surface area contributed by atoms with Gasteiger partial charge in [0.15, 0.2) is 5.78 Å². The van der Waals surface area contributed by atoms with Crippen molar-refractivity contribution in [1.82, 2.24) is 4.57 Å². The summed E-state index contributed by atoms with van der Waals surface area (Å²) in [7, 11) is 0. The first-order chi connectivity index (χ1) is 18.4. The number of hydrogen-bond donors (Lipinski definition) is 0. The summed E-state index contributed by atoms with van der Waals surface area (Å²) in [6.45, 7) is 6.56. The third-order valence-corrected chi connectivity index (χ3v) is 8.40. The van der Waals surface area contributed by atoms with E-state index in [-0.39, 0.29) is 5.78 Å². The van der Waals surface area contributed by atoms with Crippen molar-refractivity contribution in [3.8, 4) is 0 Å². The predicted molar refractivity (Wildman–Crippen MR) is 152 cm³/mol. The van der Waals surface area contributed by atoms with E-state index in [2.05, 4.69) is 34.8 Å². The van der Waals surface area contributed by atoms with Crippen molar-refractivity contribution in [3.05, 3.63) is 82.4 Å². The lowest BCUT2D eigenvalue weighted by atomic mass is 9.92. The van der Waals surface area contributed by atoms with Crippen molar-refractivity contribution in [2.75, 3.05) is 0 Å². The van der Waals surface area contributed by atoms with E-state index in [0.717, 1.165) is 52.5 Å². The van der Waals surface area contributed by atoms with Gasteiger partial charge in [-0.25, -0.2) is 4.79 Å². The average Bonchev–Trinajstić information content (AvgIpc) is 3.62. The first-order valence-electron chi connectivity index (χ1n) is 13.8. The number of rotatable bonds is 7. The molecule has 1 atom stereocenters. The Bertz CT molecular complexity index is 1600. The summed E-state index contributed by atoms with van der Waals surface area (Å²) in [5, 5.41) is 6.55. The predicted octanol–water partition coefficient (Wildman–Crippen LogP) is 7.69. The van der Waals surface area contributed by atoms with Crippen molar-refractivity contribution >= 4 is 39.3 Å². The van der Waals surface area contributed by atoms with Crippen LogP contribution in [0.4, 0.5) is 0 Å². The van der Waals surface area contributed by atoms with Gasteiger partial charge in [0.05, 0.1) is 11.2 Å². The number of carbonyl (C=O) groups excluding carboxylic acids is 2. The molecule has 3 aromatic carbocycles. The smallest absolute Gasteiger partial charge is 0.331 e. The molecule has 1 unspecified atom stereocenters. The van der Waals surface area contributed by atoms with E-state index in [0.29, 0.717) is 23.0 Å². The largest absolute Gasteiger partial charge is 0.340 e. The van der Waals surface area contributed by atoms with Crippen LogP contribution in [0.2, 0.25) is 0 Å². The molecule has 1 aliphatic heterocycles. The summed E-state index contributed by atoms with van der Waals surface area (Å²) in [6, 6.07) is 18.3. The molecule has 0 spiro atoms. The fourth-order valence-electron chi connectivity index (χ4n) is 6.47. The van der Waals surface area contributed by atoms with Crippen molar-refractivity contribution in [2.24, 2.45) is 11.1 Å². The highest BCUT2D eigenvalue weighted by molar-refractivity contribution is 6.17. The van der Waals surface area contributed by atoms with Gasteiger partial charge in [-0.1, -0.05) is 61.5 Å². The molecule has 194 valence electrons. The summed E-state index contributed by atoms with van der Waals surface area (Å²) in [5.41, 5.74) is 7.98. The third kappa shape index (κ3) is 4.44. The highest BCUT2D eigenvalue weighted by Crippen LogP contribution is 2.42. The molecule has 2 aliphatic rings. The Labute approximate surface area is 223 Å². The molecule has 1 aliphatic carbocycles. The standard InChI is InChI=1S/C33H34N2O3/c1-20-7-6-10-24(15-20)33(37)25-12-14-31-28(16-25)29-18-26(17-27-21(2)19-35(31)32(27)29)30(34-38-22(3)36)13-11-23-8-4-5-9-23/h6-7,10,12,14-18,21,23H,4-5,8-9,11,13,19H2,1-3H3/b34-30+. The molecule has 6 rings (SSSR count). The van der Waals surface area contributed by atoms with Gasteiger partial charge in [0.2, 0.25) is 0 Å². The molecule has 1 fully saturated rings. The molecular weight excluding hydrogens is 472 g/mol. The molecule has 1 saturated carbocycles. The highest BCUT2D eigenvalue weighted by Gasteiger charge is 2.27. The first kappa shape index (κ1) is 24.6. The number of carbonyl (C=O) groups is 2. The van der Waals surface area contributed by atoms with E-state index in [1.54, 1.807) is 0 Å². The molecule has 4 aromatic rings. The minimum absolute atomic E-state index is 0.0342. The zero-order chi connectivity index (χ0) is 26.4. The van der Waals surface area contributed by atoms with Gasteiger partial charge in [-0.15, -0.1) is 0 Å². The average molecular weight is 507 g/mol. The monoisotopic (exact) mass is 506 g/mol. The summed E-state index contributed by atoms with van der Waals surface area (Å²) in [6.07, 6.45) is 6.99. The number of oxime groups is 1. The molecule has 38 heavy (non-hydrogen) atoms. The third-order valence-electron chi connectivity index (χ3n) is 8.40. The molecule has 5 heteroatoms. The minimum atomic E-state index is -0.404. The Kier molecular flexibility index (Phi) is 6.38. The second kappa shape index (κ2) is 9.86. The SMILES string of the molecule is CC(=O)O/N=C(\CCC1CCCC1)c1cc2c3c(c1)c1cc(C(=O)c4cccc(C)c4)ccc1n3CC2C. The maximum atomic E-state index is 13.4. The van der Waals surface area contributed by atoms with E-state index in [9.17, 15) is 9.59 Å². The van der Waals surface area contributed by atoms with Gasteiger partial charge >= 0.3 is 5.97 Å². The second-order valence-corrected chi connectivity index (χ2v) is 11.2. The number of nitrogens with zero attached hydrogens (tertiary/aromatic N) is 2. The first-order valence-corrected chi connectivity index (χ1v) is 13.8. The van der Waals surface area contributed by atoms with E-state index in [1.807, 2.05) is 43.3 Å². The number of aromatic nitrogens is 1. The van der Waals surface area contributed by atoms with Crippen LogP contribution in [0, 0.1) is 12.8 Å². The van der Waals surface area contributed by atoms with E-state index in [1.165, 1.54) is 43.7 Å². The summed E-state index contributed by atoms with van der Waals surface area (Å²) < 4.78 is 2.39. The Balaban J connectivity index is 1.46. The van der Waals surface area contributed by atoms with Gasteiger partial charge in [-0.3, -0.25) is 4.79 Å². The van der Waals surface area contributed by atoms with Crippen LogP contribution in [-0.4, -0.2) is 22.0 Å². The van der Waals surface area contributed by atoms with Crippen LogP contribution in [0.1, 0.15) is 90.9 Å². The molecule has 0 radical (unpaired) electrons. The molecule has 2 heterocycles. The maximum Gasteiger partial charge on any atom is 0.331 e. The topological polar surface area (TPSA) is 60.7 Å². The molecule has 5 nitrogen and oxygen atoms in total. The highest BCUT2D eigenvalue weighted by atomic mass is 16.7. The van der Waals surface area contributed by atoms with E-state index in [4.69, 9.17) is 4.84 Å². The molecular formula is C33H34N2O3. The fourth-order valence-corrected chi connectivity index (χ4v) is 6.47. The number of fused-ring (bicyclic) bond motifs is 3. The van der Waals surface area contributed by atoms with Gasteiger partial charge in [0.1, 0.15) is 0 Å². The van der Waals surface area contributed by atoms with Crippen molar-refractivity contribution in [2.45, 2.75) is 71.8 Å². The lowest BCUT2D eigenvalue weighted by Gasteiger charge is -2.13. The van der Waals surface area contributed by atoms with Crippen LogP contribution in [0.5, 0.6) is 0 Å². The number of ketones is 1. The van der Waals surface area contributed by atoms with Gasteiger partial charge in [-0.05, 0) is 67.6 Å². The number of aryl methyl sites for hydroxylation is 1. The Morgan fingerprint density at radius 3 is 2.50 bits per heavy atom. The van der Waals surface area contributed by atoms with Gasteiger partial charge < -0.3 is 9.40 Å². The lowest BCUT2D eigenvalue weighted by Crippen LogP contribution is -2.08. The molecule has 0 saturated heterocycles. The molecule has 0 bridgehead atoms. The Hall–Kier alpha value is -3.73. The summed E-state index contributed by atoms with van der Waals surface area (Å²) in [5.74, 6) is 0.716. The molecule has 0 amide bonds. The molecule has 1 aromatic heterocycles. The van der Waals surface area contributed by atoms with Gasteiger partial charge in [-0.2, -0.15) is 0 Å². The van der Waals surface area contributed by atoms with Crippen LogP contribution in [-0.2, 0) is 16.2 Å². The summed E-state index contributed by atoms with van der Waals surface area (Å²) >= 11 is 0. The van der Waals surface area contributed by atoms with Crippen LogP contribution in [0.15, 0.2) is 59.8 Å². The van der Waals surface area contributed by atoms with Crippen LogP contribution < -0.4 is 0 Å². The number of benzene rings is 3. The van der Waals surface area contributed by atoms with Crippen LogP contribution >= 0.6 is 0 Å². The fraction of sp³-hybridized carbons (Fsp3) is 0.364. The lowest BCUT2D eigenvalue weighted by molar-refractivity contribution is -0.140. The van der Waals surface area contributed by atoms with Gasteiger partial charge in [0, 0.05) is 52.4 Å². The Morgan fingerprint density at radius 1 is 0.974 bits per heavy atom. The Morgan fingerprint density at radius 2 is 1.74 bits per heavy atom. The van der Waals surface area contributed by atoms with Crippen molar-refractivity contribution in [1.29, 1.82) is 0 Å². The summed E-state index contributed by atoms with van der Waals surface area (Å²) in [4.78, 5) is 30.2. The quantitative estimate of drug-likeness (QED) is 0.112. The minimum Gasteiger partial charge on any atom is -0.340 e. The zero-order valence-electron chi connectivity index (χ0n) is 22.4. The number of hydrogen-bond acceptors (Lipinski definition) is 4. The van der Waals surface area contributed by atoms with Crippen molar-refractivity contribution < 1.29 is 14.4 Å². The van der Waals surface area contributed by atoms with E-state index >= 15 is 0 Å². The van der Waals surface area contributed by atoms with Crippen LogP contribution in [0.25, 0.3) is 21.8 Å². The second-order valence-electron chi connectivity index (χ2n) is 11.2. The normalized spacial score (nSPS) is 17.6. The zero-order valence-corrected chi connectivity index (χ0v) is 22.4. The molecule has 0 N–H and O–H groups in total.